The van der Waals surface area contributed by atoms with Crippen molar-refractivity contribution in [3.05, 3.63) is 30.1 Å². The Hall–Kier alpha value is -2.45. The van der Waals surface area contributed by atoms with E-state index in [0.29, 0.717) is 23.8 Å². The van der Waals surface area contributed by atoms with Crippen LogP contribution in [0.2, 0.25) is 0 Å². The first kappa shape index (κ1) is 23.3. The van der Waals surface area contributed by atoms with Crippen LogP contribution in [-0.2, 0) is 0 Å². The predicted octanol–water partition coefficient (Wildman–Crippen LogP) is 4.32. The summed E-state index contributed by atoms with van der Waals surface area (Å²) in [6.07, 6.45) is 13.7. The van der Waals surface area contributed by atoms with Crippen molar-refractivity contribution in [1.29, 1.82) is 0 Å². The number of anilines is 3. The molecule has 3 heterocycles. The molecular formula is C26H38N6O2. The maximum atomic E-state index is 9.93. The summed E-state index contributed by atoms with van der Waals surface area (Å²) in [6.45, 7) is 3.59. The summed E-state index contributed by atoms with van der Waals surface area (Å²) in [5, 5.41) is 17.0. The molecule has 0 atom stereocenters. The van der Waals surface area contributed by atoms with E-state index in [1.165, 1.54) is 31.4 Å². The van der Waals surface area contributed by atoms with Gasteiger partial charge in [-0.25, -0.2) is 9.97 Å². The Labute approximate surface area is 202 Å². The number of aliphatic hydroxyl groups excluding tert-OH is 1. The maximum absolute atomic E-state index is 9.93. The van der Waals surface area contributed by atoms with E-state index in [2.05, 4.69) is 25.5 Å². The molecule has 2 aromatic rings. The van der Waals surface area contributed by atoms with Crippen LogP contribution >= 0.6 is 0 Å². The third kappa shape index (κ3) is 5.78. The third-order valence-electron chi connectivity index (χ3n) is 7.82. The molecule has 34 heavy (non-hydrogen) atoms. The molecule has 2 aromatic heterocycles. The number of piperidine rings is 1. The quantitative estimate of drug-likeness (QED) is 0.529. The van der Waals surface area contributed by atoms with Crippen LogP contribution in [0.3, 0.4) is 0 Å². The SMILES string of the molecule is COc1cc(Nc2ncc(C3CCN(CC4CCC4)CC3)c(NC3CCC(O)CC3)n2)ccn1. The minimum Gasteiger partial charge on any atom is -0.481 e. The van der Waals surface area contributed by atoms with Crippen molar-refractivity contribution in [3.8, 4) is 5.88 Å². The van der Waals surface area contributed by atoms with Gasteiger partial charge >= 0.3 is 0 Å². The molecule has 0 aromatic carbocycles. The number of likely N-dealkylation sites (tertiary alicyclic amines) is 1. The first-order valence-corrected chi connectivity index (χ1v) is 13.0. The van der Waals surface area contributed by atoms with E-state index < -0.39 is 0 Å². The second-order valence-corrected chi connectivity index (χ2v) is 10.2. The van der Waals surface area contributed by atoms with Gasteiger partial charge < -0.3 is 25.4 Å². The van der Waals surface area contributed by atoms with Crippen LogP contribution in [0.1, 0.15) is 69.3 Å². The highest BCUT2D eigenvalue weighted by atomic mass is 16.5. The summed E-state index contributed by atoms with van der Waals surface area (Å²) < 4.78 is 5.24. The van der Waals surface area contributed by atoms with Crippen LogP contribution in [0.5, 0.6) is 5.88 Å². The Balaban J connectivity index is 1.31. The van der Waals surface area contributed by atoms with E-state index in [1.807, 2.05) is 18.3 Å². The monoisotopic (exact) mass is 466 g/mol. The zero-order valence-corrected chi connectivity index (χ0v) is 20.2. The molecule has 8 heteroatoms. The second-order valence-electron chi connectivity index (χ2n) is 10.2. The highest BCUT2D eigenvalue weighted by Crippen LogP contribution is 2.35. The molecule has 3 fully saturated rings. The molecule has 1 aliphatic heterocycles. The van der Waals surface area contributed by atoms with Crippen molar-refractivity contribution in [2.75, 3.05) is 37.4 Å². The maximum Gasteiger partial charge on any atom is 0.229 e. The molecular weight excluding hydrogens is 428 g/mol. The van der Waals surface area contributed by atoms with E-state index in [1.54, 1.807) is 13.3 Å². The first-order valence-electron chi connectivity index (χ1n) is 13.0. The highest BCUT2D eigenvalue weighted by Gasteiger charge is 2.28. The molecule has 8 nitrogen and oxygen atoms in total. The van der Waals surface area contributed by atoms with Gasteiger partial charge in [-0.15, -0.1) is 0 Å². The number of ether oxygens (including phenoxy) is 1. The summed E-state index contributed by atoms with van der Waals surface area (Å²) in [5.74, 6) is 3.46. The van der Waals surface area contributed by atoms with Gasteiger partial charge in [0.25, 0.3) is 0 Å². The molecule has 0 spiro atoms. The summed E-state index contributed by atoms with van der Waals surface area (Å²) in [5.41, 5.74) is 2.07. The van der Waals surface area contributed by atoms with E-state index >= 15 is 0 Å². The smallest absolute Gasteiger partial charge is 0.229 e. The molecule has 2 saturated carbocycles. The third-order valence-corrected chi connectivity index (χ3v) is 7.82. The molecule has 1 saturated heterocycles. The van der Waals surface area contributed by atoms with Gasteiger partial charge in [0.05, 0.1) is 13.2 Å². The van der Waals surface area contributed by atoms with Gasteiger partial charge in [-0.1, -0.05) is 6.42 Å². The fourth-order valence-electron chi connectivity index (χ4n) is 5.47. The van der Waals surface area contributed by atoms with Crippen LogP contribution in [0.25, 0.3) is 0 Å². The van der Waals surface area contributed by atoms with E-state index in [0.717, 1.165) is 69.0 Å². The number of nitrogens with one attached hydrogen (secondary N) is 2. The Morgan fingerprint density at radius 3 is 2.56 bits per heavy atom. The number of nitrogens with zero attached hydrogens (tertiary/aromatic N) is 4. The largest absolute Gasteiger partial charge is 0.481 e. The van der Waals surface area contributed by atoms with Crippen molar-refractivity contribution < 1.29 is 9.84 Å². The normalized spacial score (nSPS) is 24.4. The summed E-state index contributed by atoms with van der Waals surface area (Å²) in [7, 11) is 1.61. The van der Waals surface area contributed by atoms with Crippen LogP contribution in [-0.4, -0.2) is 63.8 Å². The summed E-state index contributed by atoms with van der Waals surface area (Å²) >= 11 is 0. The van der Waals surface area contributed by atoms with Gasteiger partial charge in [0.15, 0.2) is 0 Å². The number of aliphatic hydroxyl groups is 1. The molecule has 0 radical (unpaired) electrons. The molecule has 0 bridgehead atoms. The Kier molecular flexibility index (Phi) is 7.45. The summed E-state index contributed by atoms with van der Waals surface area (Å²) in [4.78, 5) is 16.4. The predicted molar refractivity (Wildman–Crippen MR) is 134 cm³/mol. The van der Waals surface area contributed by atoms with Gasteiger partial charge in [-0.05, 0) is 82.4 Å². The lowest BCUT2D eigenvalue weighted by Crippen LogP contribution is -2.38. The zero-order chi connectivity index (χ0) is 23.3. The average molecular weight is 467 g/mol. The van der Waals surface area contributed by atoms with Gasteiger partial charge in [-0.3, -0.25) is 0 Å². The fraction of sp³-hybridized carbons (Fsp3) is 0.654. The molecule has 0 amide bonds. The van der Waals surface area contributed by atoms with E-state index in [9.17, 15) is 5.11 Å². The Bertz CT molecular complexity index is 937. The lowest BCUT2D eigenvalue weighted by Gasteiger charge is -2.37. The molecule has 5 rings (SSSR count). The van der Waals surface area contributed by atoms with E-state index in [4.69, 9.17) is 9.72 Å². The highest BCUT2D eigenvalue weighted by molar-refractivity contribution is 5.57. The van der Waals surface area contributed by atoms with Crippen LogP contribution < -0.4 is 15.4 Å². The van der Waals surface area contributed by atoms with Crippen LogP contribution in [0.4, 0.5) is 17.5 Å². The van der Waals surface area contributed by atoms with Crippen molar-refractivity contribution in [2.24, 2.45) is 5.92 Å². The van der Waals surface area contributed by atoms with Gasteiger partial charge in [0, 0.05) is 42.3 Å². The Morgan fingerprint density at radius 2 is 1.85 bits per heavy atom. The minimum absolute atomic E-state index is 0.165. The molecule has 3 N–H and O–H groups in total. The standard InChI is InChI=1S/C26H38N6O2/c1-34-24-15-21(9-12-27-24)30-26-28-16-23(25(31-26)29-20-5-7-22(33)8-6-20)19-10-13-32(14-11-19)17-18-3-2-4-18/h9,12,15-16,18-20,22,33H,2-8,10-11,13-14,17H2,1H3,(H2,27,28,29,30,31). The van der Waals surface area contributed by atoms with Gasteiger partial charge in [-0.2, -0.15) is 4.98 Å². The van der Waals surface area contributed by atoms with Gasteiger partial charge in [0.1, 0.15) is 5.82 Å². The fourth-order valence-corrected chi connectivity index (χ4v) is 5.47. The number of aromatic nitrogens is 3. The molecule has 2 aliphatic carbocycles. The topological polar surface area (TPSA) is 95.4 Å². The molecule has 184 valence electrons. The first-order chi connectivity index (χ1) is 16.7. The van der Waals surface area contributed by atoms with Gasteiger partial charge in [0.2, 0.25) is 11.8 Å². The Morgan fingerprint density at radius 1 is 1.06 bits per heavy atom. The van der Waals surface area contributed by atoms with Crippen molar-refractivity contribution >= 4 is 17.5 Å². The van der Waals surface area contributed by atoms with Crippen molar-refractivity contribution in [3.63, 3.8) is 0 Å². The van der Waals surface area contributed by atoms with E-state index in [-0.39, 0.29) is 6.10 Å². The summed E-state index contributed by atoms with van der Waals surface area (Å²) in [6, 6.07) is 4.06. The molecule has 0 unspecified atom stereocenters. The molecule has 3 aliphatic rings. The van der Waals surface area contributed by atoms with Crippen LogP contribution in [0, 0.1) is 5.92 Å². The number of hydrogen-bond acceptors (Lipinski definition) is 8. The second kappa shape index (κ2) is 10.9. The lowest BCUT2D eigenvalue weighted by molar-refractivity contribution is 0.126. The van der Waals surface area contributed by atoms with Crippen molar-refractivity contribution in [1.82, 2.24) is 19.9 Å². The lowest BCUT2D eigenvalue weighted by atomic mass is 9.84. The number of pyridine rings is 1. The van der Waals surface area contributed by atoms with Crippen LogP contribution in [0.15, 0.2) is 24.5 Å². The minimum atomic E-state index is -0.165. The number of methoxy groups -OCH3 is 1. The zero-order valence-electron chi connectivity index (χ0n) is 20.2. The number of rotatable bonds is 8. The van der Waals surface area contributed by atoms with Crippen molar-refractivity contribution in [2.45, 2.75) is 75.9 Å². The number of hydrogen-bond donors (Lipinski definition) is 3. The average Bonchev–Trinajstić information content (AvgIpc) is 2.84.